The number of fused-ring (bicyclic) bond motifs is 1. The lowest BCUT2D eigenvalue weighted by molar-refractivity contribution is 0.276. The van der Waals surface area contributed by atoms with Gasteiger partial charge < -0.3 is 10.5 Å². The van der Waals surface area contributed by atoms with Crippen LogP contribution in [0.5, 0.6) is 5.75 Å². The second-order valence-electron chi connectivity index (χ2n) is 3.74. The monoisotopic (exact) mass is 265 g/mol. The number of benzene rings is 1. The Bertz CT molecular complexity index is 503. The molecule has 6 heteroatoms. The zero-order valence-electron chi connectivity index (χ0n) is 8.95. The third-order valence-electron chi connectivity index (χ3n) is 2.67. The molecular weight excluding hydrogens is 254 g/mol. The van der Waals surface area contributed by atoms with Gasteiger partial charge in [0.15, 0.2) is 4.34 Å². The number of aromatic nitrogens is 2. The lowest BCUT2D eigenvalue weighted by atomic mass is 10.0. The highest BCUT2D eigenvalue weighted by atomic mass is 32.2. The average Bonchev–Trinajstić information content (AvgIpc) is 2.86. The summed E-state index contributed by atoms with van der Waals surface area (Å²) < 4.78 is 6.65. The van der Waals surface area contributed by atoms with Gasteiger partial charge in [-0.15, -0.1) is 10.2 Å². The summed E-state index contributed by atoms with van der Waals surface area (Å²) in [5.74, 6) is 0.897. The van der Waals surface area contributed by atoms with Crippen LogP contribution in [0.25, 0.3) is 0 Å². The predicted molar refractivity (Wildman–Crippen MR) is 68.4 cm³/mol. The fourth-order valence-electron chi connectivity index (χ4n) is 1.81. The van der Waals surface area contributed by atoms with Crippen LogP contribution in [0.2, 0.25) is 0 Å². The number of thioether (sulfide) groups is 1. The lowest BCUT2D eigenvalue weighted by Crippen LogP contribution is -2.33. The Morgan fingerprint density at radius 2 is 2.29 bits per heavy atom. The molecule has 2 atom stereocenters. The molecule has 0 aliphatic carbocycles. The Labute approximate surface area is 107 Å². The Morgan fingerprint density at radius 1 is 1.41 bits per heavy atom. The van der Waals surface area contributed by atoms with Crippen LogP contribution in [0.3, 0.4) is 0 Å². The normalized spacial score (nSPS) is 22.9. The molecule has 1 aliphatic heterocycles. The average molecular weight is 265 g/mol. The summed E-state index contributed by atoms with van der Waals surface area (Å²) in [5.41, 5.74) is 9.06. The van der Waals surface area contributed by atoms with Crippen molar-refractivity contribution in [2.24, 2.45) is 5.73 Å². The van der Waals surface area contributed by atoms with Crippen LogP contribution in [-0.4, -0.2) is 22.1 Å². The van der Waals surface area contributed by atoms with E-state index in [0.717, 1.165) is 15.7 Å². The molecule has 4 nitrogen and oxygen atoms in total. The molecule has 0 saturated heterocycles. The van der Waals surface area contributed by atoms with Gasteiger partial charge in [0.05, 0.1) is 5.25 Å². The molecule has 0 fully saturated rings. The van der Waals surface area contributed by atoms with E-state index in [1.165, 1.54) is 11.3 Å². The molecule has 2 aromatic rings. The molecule has 88 valence electrons. The summed E-state index contributed by atoms with van der Waals surface area (Å²) in [5, 5.41) is 8.04. The van der Waals surface area contributed by atoms with Crippen molar-refractivity contribution < 1.29 is 4.74 Å². The maximum Gasteiger partial charge on any atom is 0.174 e. The van der Waals surface area contributed by atoms with Gasteiger partial charge >= 0.3 is 0 Å². The summed E-state index contributed by atoms with van der Waals surface area (Å²) >= 11 is 3.17. The second kappa shape index (κ2) is 4.64. The highest BCUT2D eigenvalue weighted by Gasteiger charge is 2.29. The van der Waals surface area contributed by atoms with Crippen LogP contribution in [0.4, 0.5) is 0 Å². The van der Waals surface area contributed by atoms with Gasteiger partial charge in [0.1, 0.15) is 17.9 Å². The number of hydrogen-bond acceptors (Lipinski definition) is 6. The summed E-state index contributed by atoms with van der Waals surface area (Å²) in [7, 11) is 0. The molecule has 1 aromatic carbocycles. The largest absolute Gasteiger partial charge is 0.492 e. The maximum absolute atomic E-state index is 6.26. The predicted octanol–water partition coefficient (Wildman–Crippen LogP) is 2.09. The molecule has 3 rings (SSSR count). The Kier molecular flexibility index (Phi) is 3.00. The minimum atomic E-state index is -0.0196. The van der Waals surface area contributed by atoms with Gasteiger partial charge in [-0.2, -0.15) is 0 Å². The van der Waals surface area contributed by atoms with Gasteiger partial charge in [-0.1, -0.05) is 41.3 Å². The third-order valence-corrected chi connectivity index (χ3v) is 4.75. The van der Waals surface area contributed by atoms with Crippen LogP contribution < -0.4 is 10.5 Å². The van der Waals surface area contributed by atoms with Gasteiger partial charge in [-0.3, -0.25) is 0 Å². The first kappa shape index (κ1) is 11.0. The third kappa shape index (κ3) is 2.15. The molecule has 17 heavy (non-hydrogen) atoms. The van der Waals surface area contributed by atoms with Crippen LogP contribution in [0.1, 0.15) is 11.6 Å². The topological polar surface area (TPSA) is 61.0 Å². The van der Waals surface area contributed by atoms with Gasteiger partial charge in [-0.25, -0.2) is 0 Å². The van der Waals surface area contributed by atoms with Crippen molar-refractivity contribution in [2.75, 3.05) is 6.61 Å². The van der Waals surface area contributed by atoms with E-state index in [1.807, 2.05) is 24.3 Å². The summed E-state index contributed by atoms with van der Waals surface area (Å²) in [6.07, 6.45) is 0. The van der Waals surface area contributed by atoms with E-state index < -0.39 is 0 Å². The van der Waals surface area contributed by atoms with Crippen molar-refractivity contribution in [1.29, 1.82) is 0 Å². The van der Waals surface area contributed by atoms with Crippen LogP contribution in [0.15, 0.2) is 34.1 Å². The molecule has 2 unspecified atom stereocenters. The summed E-state index contributed by atoms with van der Waals surface area (Å²) in [6, 6.07) is 7.91. The van der Waals surface area contributed by atoms with Crippen molar-refractivity contribution >= 4 is 23.1 Å². The Balaban J connectivity index is 1.82. The fraction of sp³-hybridized carbons (Fsp3) is 0.273. The minimum absolute atomic E-state index is 0.0196. The quantitative estimate of drug-likeness (QED) is 0.901. The fourth-order valence-corrected chi connectivity index (χ4v) is 3.60. The first-order chi connectivity index (χ1) is 8.34. The van der Waals surface area contributed by atoms with Gasteiger partial charge in [0.2, 0.25) is 0 Å². The number of nitrogens with two attached hydrogens (primary N) is 1. The zero-order chi connectivity index (χ0) is 11.7. The molecule has 0 saturated carbocycles. The molecule has 1 aliphatic rings. The van der Waals surface area contributed by atoms with E-state index in [1.54, 1.807) is 17.3 Å². The lowest BCUT2D eigenvalue weighted by Gasteiger charge is -2.29. The summed E-state index contributed by atoms with van der Waals surface area (Å²) in [6.45, 7) is 0.614. The van der Waals surface area contributed by atoms with Crippen molar-refractivity contribution in [3.05, 3.63) is 35.3 Å². The van der Waals surface area contributed by atoms with Gasteiger partial charge in [-0.05, 0) is 6.07 Å². The molecular formula is C11H11N3OS2. The number of para-hydroxylation sites is 1. The zero-order valence-corrected chi connectivity index (χ0v) is 10.6. The molecule has 1 aromatic heterocycles. The highest BCUT2D eigenvalue weighted by molar-refractivity contribution is 8.01. The number of rotatable bonds is 2. The SMILES string of the molecule is NC1c2ccccc2OCC1Sc1nncs1. The van der Waals surface area contributed by atoms with E-state index in [-0.39, 0.29) is 11.3 Å². The first-order valence-electron chi connectivity index (χ1n) is 5.25. The van der Waals surface area contributed by atoms with Crippen LogP contribution in [-0.2, 0) is 0 Å². The number of hydrogen-bond donors (Lipinski definition) is 1. The van der Waals surface area contributed by atoms with Crippen molar-refractivity contribution in [3.8, 4) is 5.75 Å². The van der Waals surface area contributed by atoms with Crippen molar-refractivity contribution in [2.45, 2.75) is 15.6 Å². The second-order valence-corrected chi connectivity index (χ2v) is 6.06. The molecule has 0 bridgehead atoms. The highest BCUT2D eigenvalue weighted by Crippen LogP contribution is 2.38. The number of ether oxygens (including phenoxy) is 1. The molecule has 0 amide bonds. The minimum Gasteiger partial charge on any atom is -0.492 e. The molecule has 0 spiro atoms. The van der Waals surface area contributed by atoms with Crippen LogP contribution >= 0.6 is 23.1 Å². The van der Waals surface area contributed by atoms with E-state index >= 15 is 0 Å². The van der Waals surface area contributed by atoms with E-state index in [2.05, 4.69) is 10.2 Å². The van der Waals surface area contributed by atoms with E-state index in [0.29, 0.717) is 6.61 Å². The maximum atomic E-state index is 6.26. The smallest absolute Gasteiger partial charge is 0.174 e. The van der Waals surface area contributed by atoms with Crippen molar-refractivity contribution in [1.82, 2.24) is 10.2 Å². The van der Waals surface area contributed by atoms with Crippen LogP contribution in [0, 0.1) is 0 Å². The Hall–Kier alpha value is -1.11. The number of nitrogens with zero attached hydrogens (tertiary/aromatic N) is 2. The van der Waals surface area contributed by atoms with E-state index in [4.69, 9.17) is 10.5 Å². The standard InChI is InChI=1S/C11H11N3OS2/c12-10-7-3-1-2-4-8(7)15-5-9(10)17-11-14-13-6-16-11/h1-4,6,9-10H,5,12H2. The summed E-state index contributed by atoms with van der Waals surface area (Å²) in [4.78, 5) is 0. The Morgan fingerprint density at radius 3 is 3.12 bits per heavy atom. The molecule has 2 N–H and O–H groups in total. The van der Waals surface area contributed by atoms with Gasteiger partial charge in [0, 0.05) is 11.6 Å². The van der Waals surface area contributed by atoms with Crippen molar-refractivity contribution in [3.63, 3.8) is 0 Å². The first-order valence-corrected chi connectivity index (χ1v) is 7.00. The molecule has 2 heterocycles. The molecule has 0 radical (unpaired) electrons. The van der Waals surface area contributed by atoms with Gasteiger partial charge in [0.25, 0.3) is 0 Å². The van der Waals surface area contributed by atoms with E-state index in [9.17, 15) is 0 Å².